The minimum Gasteiger partial charge on any atom is -0.399 e. The third-order valence-electron chi connectivity index (χ3n) is 2.74. The highest BCUT2D eigenvalue weighted by molar-refractivity contribution is 7.91. The number of benzene rings is 1. The smallest absolute Gasteiger partial charge is 0.251 e. The fraction of sp³-hybridized carbons (Fsp3) is 0.364. The van der Waals surface area contributed by atoms with Crippen molar-refractivity contribution in [1.82, 2.24) is 5.32 Å². The van der Waals surface area contributed by atoms with E-state index >= 15 is 0 Å². The van der Waals surface area contributed by atoms with E-state index in [2.05, 4.69) is 5.32 Å². The zero-order chi connectivity index (χ0) is 12.5. The van der Waals surface area contributed by atoms with Crippen LogP contribution in [0.1, 0.15) is 16.8 Å². The number of anilines is 1. The van der Waals surface area contributed by atoms with Gasteiger partial charge in [0, 0.05) is 17.3 Å². The Morgan fingerprint density at radius 1 is 1.29 bits per heavy atom. The van der Waals surface area contributed by atoms with E-state index in [-0.39, 0.29) is 23.5 Å². The van der Waals surface area contributed by atoms with E-state index in [1.807, 2.05) is 0 Å². The normalized spacial score (nSPS) is 22.2. The van der Waals surface area contributed by atoms with Crippen LogP contribution in [0.25, 0.3) is 0 Å². The summed E-state index contributed by atoms with van der Waals surface area (Å²) < 4.78 is 22.5. The molecule has 1 fully saturated rings. The van der Waals surface area contributed by atoms with Gasteiger partial charge in [0.1, 0.15) is 0 Å². The lowest BCUT2D eigenvalue weighted by atomic mass is 10.1. The summed E-state index contributed by atoms with van der Waals surface area (Å²) in [4.78, 5) is 11.8. The Bertz CT molecular complexity index is 522. The predicted molar refractivity (Wildman–Crippen MR) is 65.4 cm³/mol. The number of hydrogen-bond donors (Lipinski definition) is 2. The molecular weight excluding hydrogens is 240 g/mol. The maximum atomic E-state index is 11.8. The van der Waals surface area contributed by atoms with Crippen LogP contribution in [0.15, 0.2) is 24.3 Å². The number of rotatable bonds is 2. The quantitative estimate of drug-likeness (QED) is 0.737. The first-order valence-electron chi connectivity index (χ1n) is 5.33. The molecule has 1 aromatic carbocycles. The number of nitrogens with two attached hydrogens (primary N) is 1. The summed E-state index contributed by atoms with van der Waals surface area (Å²) in [7, 11) is -2.96. The predicted octanol–water partition coefficient (Wildman–Crippen LogP) is 0.186. The lowest BCUT2D eigenvalue weighted by molar-refractivity contribution is 0.0941. The number of carbonyl (C=O) groups excluding carboxylic acids is 1. The first kappa shape index (κ1) is 11.9. The van der Waals surface area contributed by atoms with Gasteiger partial charge in [-0.05, 0) is 30.7 Å². The van der Waals surface area contributed by atoms with Crippen LogP contribution in [-0.2, 0) is 9.84 Å². The van der Waals surface area contributed by atoms with Crippen LogP contribution < -0.4 is 11.1 Å². The second-order valence-corrected chi connectivity index (χ2v) is 6.42. The molecule has 0 saturated carbocycles. The maximum absolute atomic E-state index is 11.8. The minimum atomic E-state index is -2.96. The van der Waals surface area contributed by atoms with Crippen LogP contribution in [0.5, 0.6) is 0 Å². The first-order chi connectivity index (χ1) is 7.96. The summed E-state index contributed by atoms with van der Waals surface area (Å²) in [6.07, 6.45) is 0.489. The molecule has 0 aliphatic carbocycles. The standard InChI is InChI=1S/C11H14N2O3S/c12-9-3-1-8(2-4-9)11(14)13-10-5-6-17(15,16)7-10/h1-4,10H,5-7,12H2,(H,13,14)/t10-/m0/s1. The zero-order valence-corrected chi connectivity index (χ0v) is 10.0. The van der Waals surface area contributed by atoms with Crippen molar-refractivity contribution in [2.24, 2.45) is 0 Å². The van der Waals surface area contributed by atoms with Gasteiger partial charge in [0.15, 0.2) is 9.84 Å². The second kappa shape index (κ2) is 4.37. The molecule has 1 aliphatic rings. The van der Waals surface area contributed by atoms with E-state index in [0.717, 1.165) is 0 Å². The van der Waals surface area contributed by atoms with Gasteiger partial charge in [-0.1, -0.05) is 0 Å². The van der Waals surface area contributed by atoms with E-state index in [1.54, 1.807) is 24.3 Å². The lowest BCUT2D eigenvalue weighted by Gasteiger charge is -2.10. The summed E-state index contributed by atoms with van der Waals surface area (Å²) >= 11 is 0. The summed E-state index contributed by atoms with van der Waals surface area (Å²) in [5.41, 5.74) is 6.59. The SMILES string of the molecule is Nc1ccc(C(=O)N[C@H]2CCS(=O)(=O)C2)cc1. The van der Waals surface area contributed by atoms with Crippen molar-refractivity contribution in [1.29, 1.82) is 0 Å². The summed E-state index contributed by atoms with van der Waals surface area (Å²) in [6.45, 7) is 0. The Balaban J connectivity index is 2.01. The average Bonchev–Trinajstić information content (AvgIpc) is 2.59. The van der Waals surface area contributed by atoms with Crippen molar-refractivity contribution in [2.45, 2.75) is 12.5 Å². The molecule has 6 heteroatoms. The molecule has 1 atom stereocenters. The highest BCUT2D eigenvalue weighted by Crippen LogP contribution is 2.12. The monoisotopic (exact) mass is 254 g/mol. The van der Waals surface area contributed by atoms with Gasteiger partial charge >= 0.3 is 0 Å². The van der Waals surface area contributed by atoms with Gasteiger partial charge < -0.3 is 11.1 Å². The van der Waals surface area contributed by atoms with Gasteiger partial charge in [-0.25, -0.2) is 8.42 Å². The highest BCUT2D eigenvalue weighted by Gasteiger charge is 2.28. The van der Waals surface area contributed by atoms with Crippen molar-refractivity contribution in [3.05, 3.63) is 29.8 Å². The van der Waals surface area contributed by atoms with Gasteiger partial charge in [0.05, 0.1) is 11.5 Å². The summed E-state index contributed by atoms with van der Waals surface area (Å²) in [6, 6.07) is 6.24. The molecule has 3 N–H and O–H groups in total. The molecule has 1 heterocycles. The summed E-state index contributed by atoms with van der Waals surface area (Å²) in [5, 5.41) is 2.71. The van der Waals surface area contributed by atoms with Crippen molar-refractivity contribution < 1.29 is 13.2 Å². The number of hydrogen-bond acceptors (Lipinski definition) is 4. The molecule has 17 heavy (non-hydrogen) atoms. The van der Waals surface area contributed by atoms with E-state index in [9.17, 15) is 13.2 Å². The average molecular weight is 254 g/mol. The third kappa shape index (κ3) is 2.97. The Kier molecular flexibility index (Phi) is 3.06. The number of amides is 1. The van der Waals surface area contributed by atoms with Gasteiger partial charge in [-0.3, -0.25) is 4.79 Å². The molecule has 5 nitrogen and oxygen atoms in total. The number of nitrogens with one attached hydrogen (secondary N) is 1. The van der Waals surface area contributed by atoms with Crippen molar-refractivity contribution >= 4 is 21.4 Å². The molecule has 2 rings (SSSR count). The Labute approximate surface area is 99.9 Å². The Morgan fingerprint density at radius 3 is 2.47 bits per heavy atom. The number of carbonyl (C=O) groups is 1. The van der Waals surface area contributed by atoms with Crippen LogP contribution >= 0.6 is 0 Å². The Morgan fingerprint density at radius 2 is 1.94 bits per heavy atom. The molecule has 0 bridgehead atoms. The molecule has 0 spiro atoms. The molecule has 1 amide bonds. The lowest BCUT2D eigenvalue weighted by Crippen LogP contribution is -2.35. The van der Waals surface area contributed by atoms with Crippen LogP contribution in [0.4, 0.5) is 5.69 Å². The highest BCUT2D eigenvalue weighted by atomic mass is 32.2. The van der Waals surface area contributed by atoms with Crippen LogP contribution in [0.3, 0.4) is 0 Å². The zero-order valence-electron chi connectivity index (χ0n) is 9.22. The van der Waals surface area contributed by atoms with Crippen LogP contribution in [0, 0.1) is 0 Å². The van der Waals surface area contributed by atoms with E-state index < -0.39 is 9.84 Å². The molecular formula is C11H14N2O3S. The molecule has 0 unspecified atom stereocenters. The number of nitrogen functional groups attached to an aromatic ring is 1. The van der Waals surface area contributed by atoms with Crippen molar-refractivity contribution in [3.8, 4) is 0 Å². The third-order valence-corrected chi connectivity index (χ3v) is 4.51. The topological polar surface area (TPSA) is 89.3 Å². The molecule has 1 saturated heterocycles. The fourth-order valence-corrected chi connectivity index (χ4v) is 3.49. The summed E-state index contributed by atoms with van der Waals surface area (Å²) in [5.74, 6) is -0.0694. The molecule has 1 aromatic rings. The second-order valence-electron chi connectivity index (χ2n) is 4.20. The van der Waals surface area contributed by atoms with Gasteiger partial charge in [0.25, 0.3) is 5.91 Å². The first-order valence-corrected chi connectivity index (χ1v) is 7.15. The van der Waals surface area contributed by atoms with Crippen LogP contribution in [-0.4, -0.2) is 31.9 Å². The largest absolute Gasteiger partial charge is 0.399 e. The minimum absolute atomic E-state index is 0.0354. The molecule has 0 aromatic heterocycles. The molecule has 0 radical (unpaired) electrons. The Hall–Kier alpha value is -1.56. The molecule has 1 aliphatic heterocycles. The molecule has 92 valence electrons. The van der Waals surface area contributed by atoms with Crippen molar-refractivity contribution in [2.75, 3.05) is 17.2 Å². The maximum Gasteiger partial charge on any atom is 0.251 e. The van der Waals surface area contributed by atoms with Crippen LogP contribution in [0.2, 0.25) is 0 Å². The number of sulfone groups is 1. The fourth-order valence-electron chi connectivity index (χ4n) is 1.81. The van der Waals surface area contributed by atoms with E-state index in [0.29, 0.717) is 17.7 Å². The van der Waals surface area contributed by atoms with Gasteiger partial charge in [-0.2, -0.15) is 0 Å². The van der Waals surface area contributed by atoms with Gasteiger partial charge in [-0.15, -0.1) is 0 Å². The van der Waals surface area contributed by atoms with Crippen molar-refractivity contribution in [3.63, 3.8) is 0 Å². The van der Waals surface area contributed by atoms with E-state index in [4.69, 9.17) is 5.73 Å². The van der Waals surface area contributed by atoms with E-state index in [1.165, 1.54) is 0 Å². The van der Waals surface area contributed by atoms with Gasteiger partial charge in [0.2, 0.25) is 0 Å².